The first kappa shape index (κ1) is 25.4. The van der Waals surface area contributed by atoms with Crippen LogP contribution in [0.4, 0.5) is 9.59 Å². The number of rotatable bonds is 6. The number of hydrogen-bond acceptors (Lipinski definition) is 7. The zero-order valence-corrected chi connectivity index (χ0v) is 20.5. The molecule has 0 aromatic heterocycles. The zero-order chi connectivity index (χ0) is 24.9. The molecule has 0 spiro atoms. The van der Waals surface area contributed by atoms with E-state index in [0.29, 0.717) is 56.4 Å². The Bertz CT molecular complexity index is 930. The second-order valence-corrected chi connectivity index (χ2v) is 9.16. The van der Waals surface area contributed by atoms with Crippen LogP contribution in [0.25, 0.3) is 0 Å². The van der Waals surface area contributed by atoms with Crippen LogP contribution in [0.15, 0.2) is 35.5 Å². The molecule has 1 fully saturated rings. The number of hydrogen-bond donors (Lipinski definition) is 2. The van der Waals surface area contributed by atoms with Crippen molar-refractivity contribution < 1.29 is 28.6 Å². The number of benzene rings is 1. The van der Waals surface area contributed by atoms with Crippen LogP contribution < -0.4 is 15.4 Å². The Morgan fingerprint density at radius 1 is 1.09 bits per heavy atom. The van der Waals surface area contributed by atoms with Crippen molar-refractivity contribution in [1.29, 1.82) is 0 Å². The van der Waals surface area contributed by atoms with Crippen molar-refractivity contribution in [3.63, 3.8) is 0 Å². The van der Waals surface area contributed by atoms with Gasteiger partial charge in [-0.1, -0.05) is 12.1 Å². The first-order valence-electron chi connectivity index (χ1n) is 11.4. The molecule has 1 saturated heterocycles. The monoisotopic (exact) mass is 474 g/mol. The number of nitrogens with zero attached hydrogens (tertiary/aromatic N) is 2. The van der Waals surface area contributed by atoms with E-state index in [0.717, 1.165) is 5.56 Å². The summed E-state index contributed by atoms with van der Waals surface area (Å²) in [5.74, 6) is 0.187. The highest BCUT2D eigenvalue weighted by Crippen LogP contribution is 2.29. The van der Waals surface area contributed by atoms with Gasteiger partial charge in [0.2, 0.25) is 0 Å². The number of amides is 3. The van der Waals surface area contributed by atoms with Crippen LogP contribution in [0, 0.1) is 0 Å². The summed E-state index contributed by atoms with van der Waals surface area (Å²) in [6.07, 6.45) is -0.340. The summed E-state index contributed by atoms with van der Waals surface area (Å²) in [5, 5.41) is 5.61. The van der Waals surface area contributed by atoms with Crippen LogP contribution in [0.5, 0.6) is 5.75 Å². The van der Waals surface area contributed by atoms with Gasteiger partial charge in [0.05, 0.1) is 25.3 Å². The normalized spacial score (nSPS) is 19.3. The van der Waals surface area contributed by atoms with Gasteiger partial charge in [-0.05, 0) is 45.4 Å². The number of esters is 1. The zero-order valence-electron chi connectivity index (χ0n) is 20.5. The molecule has 1 aromatic rings. The number of urea groups is 1. The summed E-state index contributed by atoms with van der Waals surface area (Å²) in [7, 11) is 1.32. The molecule has 3 rings (SSSR count). The van der Waals surface area contributed by atoms with E-state index in [9.17, 15) is 14.4 Å². The fourth-order valence-corrected chi connectivity index (χ4v) is 3.91. The van der Waals surface area contributed by atoms with Crippen molar-refractivity contribution in [3.05, 3.63) is 41.1 Å². The summed E-state index contributed by atoms with van der Waals surface area (Å²) >= 11 is 0. The summed E-state index contributed by atoms with van der Waals surface area (Å²) in [6, 6.07) is 6.20. The van der Waals surface area contributed by atoms with Crippen LogP contribution in [0.3, 0.4) is 0 Å². The predicted octanol–water partition coefficient (Wildman–Crippen LogP) is 2.42. The van der Waals surface area contributed by atoms with Gasteiger partial charge < -0.3 is 29.7 Å². The van der Waals surface area contributed by atoms with Gasteiger partial charge in [0.1, 0.15) is 11.4 Å². The van der Waals surface area contributed by atoms with Gasteiger partial charge in [0, 0.05) is 38.4 Å². The van der Waals surface area contributed by atoms with E-state index in [4.69, 9.17) is 14.2 Å². The smallest absolute Gasteiger partial charge is 0.410 e. The first-order valence-corrected chi connectivity index (χ1v) is 11.4. The minimum atomic E-state index is -0.657. The third kappa shape index (κ3) is 6.40. The quantitative estimate of drug-likeness (QED) is 0.610. The maximum atomic E-state index is 12.8. The molecule has 2 N–H and O–H groups in total. The predicted molar refractivity (Wildman–Crippen MR) is 125 cm³/mol. The fraction of sp³-hybridized carbons (Fsp3) is 0.542. The van der Waals surface area contributed by atoms with Crippen molar-refractivity contribution in [1.82, 2.24) is 20.4 Å². The Balaban J connectivity index is 1.77. The maximum Gasteiger partial charge on any atom is 0.410 e. The SMILES string of the molecule is CCOc1ccc([C@H]2NC(=O)NC(CN3CCN(C(=O)OC(C)(C)C)CC3)=C2C(=O)OC)cc1. The largest absolute Gasteiger partial charge is 0.494 e. The molecule has 3 amide bonds. The van der Waals surface area contributed by atoms with Crippen molar-refractivity contribution in [3.8, 4) is 5.75 Å². The molecular weight excluding hydrogens is 440 g/mol. The Morgan fingerprint density at radius 3 is 2.29 bits per heavy atom. The van der Waals surface area contributed by atoms with Gasteiger partial charge in [-0.2, -0.15) is 0 Å². The van der Waals surface area contributed by atoms with Gasteiger partial charge in [-0.3, -0.25) is 4.90 Å². The molecule has 0 bridgehead atoms. The highest BCUT2D eigenvalue weighted by Gasteiger charge is 2.35. The van der Waals surface area contributed by atoms with Gasteiger partial charge in [-0.25, -0.2) is 14.4 Å². The van der Waals surface area contributed by atoms with Crippen molar-refractivity contribution in [2.24, 2.45) is 0 Å². The molecule has 0 saturated carbocycles. The van der Waals surface area contributed by atoms with E-state index in [2.05, 4.69) is 15.5 Å². The standard InChI is InChI=1S/C24H34N4O6/c1-6-33-17-9-7-16(8-10-17)20-19(21(29)32-5)18(25-22(30)26-20)15-27-11-13-28(14-12-27)23(31)34-24(2,3)4/h7-10,20H,6,11-15H2,1-5H3,(H2,25,26,30)/t20-/m1/s1. The lowest BCUT2D eigenvalue weighted by molar-refractivity contribution is -0.136. The molecule has 0 unspecified atom stereocenters. The topological polar surface area (TPSA) is 109 Å². The van der Waals surface area contributed by atoms with Crippen LogP contribution >= 0.6 is 0 Å². The van der Waals surface area contributed by atoms with E-state index in [1.807, 2.05) is 39.8 Å². The highest BCUT2D eigenvalue weighted by molar-refractivity contribution is 5.95. The van der Waals surface area contributed by atoms with E-state index < -0.39 is 23.6 Å². The lowest BCUT2D eigenvalue weighted by atomic mass is 9.95. The highest BCUT2D eigenvalue weighted by atomic mass is 16.6. The van der Waals surface area contributed by atoms with Crippen molar-refractivity contribution >= 4 is 18.1 Å². The molecular formula is C24H34N4O6. The Kier molecular flexibility index (Phi) is 8.03. The first-order chi connectivity index (χ1) is 16.1. The maximum absolute atomic E-state index is 12.8. The van der Waals surface area contributed by atoms with Crippen LogP contribution in [-0.4, -0.2) is 79.9 Å². The second-order valence-electron chi connectivity index (χ2n) is 9.16. The lowest BCUT2D eigenvalue weighted by Gasteiger charge is -2.37. The average Bonchev–Trinajstić information content (AvgIpc) is 2.78. The van der Waals surface area contributed by atoms with Gasteiger partial charge in [0.15, 0.2) is 0 Å². The summed E-state index contributed by atoms with van der Waals surface area (Å²) in [6.45, 7) is 10.4. The molecule has 34 heavy (non-hydrogen) atoms. The molecule has 10 nitrogen and oxygen atoms in total. The molecule has 0 radical (unpaired) electrons. The second kappa shape index (κ2) is 10.8. The lowest BCUT2D eigenvalue weighted by Crippen LogP contribution is -2.53. The van der Waals surface area contributed by atoms with E-state index in [-0.39, 0.29) is 6.09 Å². The van der Waals surface area contributed by atoms with Crippen LogP contribution in [0.2, 0.25) is 0 Å². The molecule has 10 heteroatoms. The van der Waals surface area contributed by atoms with Crippen LogP contribution in [0.1, 0.15) is 39.3 Å². The number of carbonyl (C=O) groups excluding carboxylic acids is 3. The average molecular weight is 475 g/mol. The summed E-state index contributed by atoms with van der Waals surface area (Å²) in [5.41, 5.74) is 1.02. The van der Waals surface area contributed by atoms with Crippen molar-refractivity contribution in [2.45, 2.75) is 39.3 Å². The summed E-state index contributed by atoms with van der Waals surface area (Å²) in [4.78, 5) is 41.3. The van der Waals surface area contributed by atoms with E-state index >= 15 is 0 Å². The Hall–Kier alpha value is -3.27. The minimum absolute atomic E-state index is 0.340. The summed E-state index contributed by atoms with van der Waals surface area (Å²) < 4.78 is 16.0. The molecule has 1 atom stereocenters. The van der Waals surface area contributed by atoms with Crippen LogP contribution in [-0.2, 0) is 14.3 Å². The van der Waals surface area contributed by atoms with E-state index in [1.54, 1.807) is 17.0 Å². The molecule has 2 aliphatic rings. The number of carbonyl (C=O) groups is 3. The van der Waals surface area contributed by atoms with Gasteiger partial charge >= 0.3 is 18.1 Å². The Labute approximate surface area is 200 Å². The minimum Gasteiger partial charge on any atom is -0.494 e. The molecule has 186 valence electrons. The molecule has 1 aromatic carbocycles. The number of ether oxygens (including phenoxy) is 3. The van der Waals surface area contributed by atoms with E-state index in [1.165, 1.54) is 7.11 Å². The molecule has 2 heterocycles. The van der Waals surface area contributed by atoms with Crippen molar-refractivity contribution in [2.75, 3.05) is 46.4 Å². The Morgan fingerprint density at radius 2 is 1.74 bits per heavy atom. The third-order valence-electron chi connectivity index (χ3n) is 5.49. The molecule has 2 aliphatic heterocycles. The van der Waals surface area contributed by atoms with Gasteiger partial charge in [-0.15, -0.1) is 0 Å². The molecule has 0 aliphatic carbocycles. The fourth-order valence-electron chi connectivity index (χ4n) is 3.91. The number of piperazine rings is 1. The van der Waals surface area contributed by atoms with Gasteiger partial charge in [0.25, 0.3) is 0 Å². The third-order valence-corrected chi connectivity index (χ3v) is 5.49. The number of nitrogens with one attached hydrogen (secondary N) is 2. The number of methoxy groups -OCH3 is 1.